The molecular formula is C13H19F3N4S. The Morgan fingerprint density at radius 2 is 2.29 bits per heavy atom. The molecule has 1 rings (SSSR count). The summed E-state index contributed by atoms with van der Waals surface area (Å²) in [6, 6.07) is 0. The van der Waals surface area contributed by atoms with E-state index < -0.39 is 11.9 Å². The van der Waals surface area contributed by atoms with E-state index in [9.17, 15) is 13.2 Å². The highest BCUT2D eigenvalue weighted by molar-refractivity contribution is 7.09. The standard InChI is InChI=1S/C13H19F3N4S/c1-4-5-6-7-20(3)12(17-2)18-8-11-19-10(9-21-11)13(14,15)16/h4,9H,1,5-8H2,2-3H3,(H,17,18). The van der Waals surface area contributed by atoms with E-state index in [2.05, 4.69) is 21.9 Å². The lowest BCUT2D eigenvalue weighted by molar-refractivity contribution is -0.140. The summed E-state index contributed by atoms with van der Waals surface area (Å²) in [7, 11) is 3.51. The number of guanidine groups is 1. The molecule has 1 aromatic heterocycles. The number of allylic oxidation sites excluding steroid dienone is 1. The van der Waals surface area contributed by atoms with Gasteiger partial charge in [-0.25, -0.2) is 4.98 Å². The van der Waals surface area contributed by atoms with Crippen molar-refractivity contribution in [1.82, 2.24) is 15.2 Å². The minimum absolute atomic E-state index is 0.221. The molecule has 0 bridgehead atoms. The molecule has 0 amide bonds. The lowest BCUT2D eigenvalue weighted by atomic mass is 10.3. The van der Waals surface area contributed by atoms with E-state index in [-0.39, 0.29) is 6.54 Å². The zero-order valence-corrected chi connectivity index (χ0v) is 12.9. The Hall–Kier alpha value is -1.57. The lowest BCUT2D eigenvalue weighted by Crippen LogP contribution is -2.38. The largest absolute Gasteiger partial charge is 0.434 e. The zero-order chi connectivity index (χ0) is 15.9. The van der Waals surface area contributed by atoms with Gasteiger partial charge in [-0.05, 0) is 12.8 Å². The monoisotopic (exact) mass is 320 g/mol. The van der Waals surface area contributed by atoms with Gasteiger partial charge in [0.2, 0.25) is 0 Å². The number of nitrogens with one attached hydrogen (secondary N) is 1. The number of thiazole rings is 1. The number of hydrogen-bond donors (Lipinski definition) is 1. The van der Waals surface area contributed by atoms with Crippen molar-refractivity contribution in [3.05, 3.63) is 28.7 Å². The first kappa shape index (κ1) is 17.5. The van der Waals surface area contributed by atoms with Crippen LogP contribution in [0.15, 0.2) is 23.0 Å². The van der Waals surface area contributed by atoms with Crippen molar-refractivity contribution in [3.8, 4) is 0 Å². The summed E-state index contributed by atoms with van der Waals surface area (Å²) < 4.78 is 37.4. The highest BCUT2D eigenvalue weighted by Crippen LogP contribution is 2.29. The molecule has 0 unspecified atom stereocenters. The number of aromatic nitrogens is 1. The fourth-order valence-electron chi connectivity index (χ4n) is 1.64. The molecule has 0 aromatic carbocycles. The molecular weight excluding hydrogens is 301 g/mol. The maximum Gasteiger partial charge on any atom is 0.434 e. The third-order valence-corrected chi connectivity index (χ3v) is 3.56. The molecule has 1 heterocycles. The Morgan fingerprint density at radius 3 is 2.81 bits per heavy atom. The number of nitrogens with zero attached hydrogens (tertiary/aromatic N) is 3. The van der Waals surface area contributed by atoms with Crippen LogP contribution >= 0.6 is 11.3 Å². The fourth-order valence-corrected chi connectivity index (χ4v) is 2.38. The molecule has 21 heavy (non-hydrogen) atoms. The molecule has 0 radical (unpaired) electrons. The van der Waals surface area contributed by atoms with Crippen LogP contribution in [0.1, 0.15) is 23.5 Å². The van der Waals surface area contributed by atoms with E-state index in [4.69, 9.17) is 0 Å². The van der Waals surface area contributed by atoms with E-state index in [1.807, 2.05) is 18.0 Å². The number of halogens is 3. The summed E-state index contributed by atoms with van der Waals surface area (Å²) in [6.07, 6.45) is -0.699. The number of rotatable bonds is 6. The quantitative estimate of drug-likeness (QED) is 0.379. The Bertz CT molecular complexity index is 482. The van der Waals surface area contributed by atoms with Crippen LogP contribution in [0.4, 0.5) is 13.2 Å². The molecule has 0 spiro atoms. The predicted octanol–water partition coefficient (Wildman–Crippen LogP) is 3.14. The van der Waals surface area contributed by atoms with Crippen LogP contribution in [0.5, 0.6) is 0 Å². The average molecular weight is 320 g/mol. The Labute approximate surface area is 126 Å². The number of aliphatic imine (C=N–C) groups is 1. The van der Waals surface area contributed by atoms with Crippen molar-refractivity contribution in [1.29, 1.82) is 0 Å². The minimum Gasteiger partial charge on any atom is -0.350 e. The van der Waals surface area contributed by atoms with Crippen LogP contribution in [-0.4, -0.2) is 36.5 Å². The van der Waals surface area contributed by atoms with Crippen molar-refractivity contribution < 1.29 is 13.2 Å². The summed E-state index contributed by atoms with van der Waals surface area (Å²) in [6.45, 7) is 4.67. The van der Waals surface area contributed by atoms with Crippen molar-refractivity contribution in [2.24, 2.45) is 4.99 Å². The highest BCUT2D eigenvalue weighted by Gasteiger charge is 2.33. The summed E-state index contributed by atoms with van der Waals surface area (Å²) in [5, 5.41) is 4.41. The molecule has 0 aliphatic rings. The van der Waals surface area contributed by atoms with Crippen molar-refractivity contribution in [2.45, 2.75) is 25.6 Å². The van der Waals surface area contributed by atoms with E-state index in [1.165, 1.54) is 0 Å². The van der Waals surface area contributed by atoms with Gasteiger partial charge in [-0.1, -0.05) is 6.08 Å². The Balaban J connectivity index is 2.52. The predicted molar refractivity (Wildman–Crippen MR) is 79.4 cm³/mol. The second kappa shape index (κ2) is 8.02. The highest BCUT2D eigenvalue weighted by atomic mass is 32.1. The van der Waals surface area contributed by atoms with E-state index in [1.54, 1.807) is 7.05 Å². The number of alkyl halides is 3. The SMILES string of the molecule is C=CCCCN(C)C(=NC)NCc1nc(C(F)(F)F)cs1. The van der Waals surface area contributed by atoms with Gasteiger partial charge < -0.3 is 10.2 Å². The second-order valence-corrected chi connectivity index (χ2v) is 5.32. The van der Waals surface area contributed by atoms with Gasteiger partial charge in [-0.2, -0.15) is 13.2 Å². The van der Waals surface area contributed by atoms with Crippen LogP contribution in [-0.2, 0) is 12.7 Å². The molecule has 0 saturated heterocycles. The van der Waals surface area contributed by atoms with Gasteiger partial charge in [0.25, 0.3) is 0 Å². The van der Waals surface area contributed by atoms with Crippen molar-refractivity contribution in [2.75, 3.05) is 20.6 Å². The van der Waals surface area contributed by atoms with Gasteiger partial charge in [-0.15, -0.1) is 17.9 Å². The van der Waals surface area contributed by atoms with Crippen LogP contribution in [0.25, 0.3) is 0 Å². The smallest absolute Gasteiger partial charge is 0.350 e. The molecule has 0 atom stereocenters. The average Bonchev–Trinajstić information content (AvgIpc) is 2.88. The zero-order valence-electron chi connectivity index (χ0n) is 12.1. The van der Waals surface area contributed by atoms with Gasteiger partial charge >= 0.3 is 6.18 Å². The van der Waals surface area contributed by atoms with Crippen LogP contribution in [0.2, 0.25) is 0 Å². The molecule has 1 aromatic rings. The van der Waals surface area contributed by atoms with Crippen LogP contribution in [0.3, 0.4) is 0 Å². The first-order chi connectivity index (χ1) is 9.88. The minimum atomic E-state index is -4.39. The van der Waals surface area contributed by atoms with Gasteiger partial charge in [0, 0.05) is 26.0 Å². The van der Waals surface area contributed by atoms with Gasteiger partial charge in [0.15, 0.2) is 11.7 Å². The molecule has 8 heteroatoms. The van der Waals surface area contributed by atoms with E-state index in [0.717, 1.165) is 36.1 Å². The van der Waals surface area contributed by atoms with Gasteiger partial charge in [0.1, 0.15) is 5.01 Å². The third kappa shape index (κ3) is 5.74. The maximum atomic E-state index is 12.5. The number of unbranched alkanes of at least 4 members (excludes halogenated alkanes) is 1. The summed E-state index contributed by atoms with van der Waals surface area (Å²) >= 11 is 0.982. The summed E-state index contributed by atoms with van der Waals surface area (Å²) in [5.41, 5.74) is -0.848. The normalized spacial score (nSPS) is 12.3. The third-order valence-electron chi connectivity index (χ3n) is 2.72. The van der Waals surface area contributed by atoms with Gasteiger partial charge in [0.05, 0.1) is 6.54 Å². The van der Waals surface area contributed by atoms with Crippen molar-refractivity contribution in [3.63, 3.8) is 0 Å². The fraction of sp³-hybridized carbons (Fsp3) is 0.538. The lowest BCUT2D eigenvalue weighted by Gasteiger charge is -2.21. The molecule has 0 aliphatic heterocycles. The maximum absolute atomic E-state index is 12.5. The number of hydrogen-bond acceptors (Lipinski definition) is 3. The Morgan fingerprint density at radius 1 is 1.57 bits per heavy atom. The van der Waals surface area contributed by atoms with E-state index in [0.29, 0.717) is 11.0 Å². The topological polar surface area (TPSA) is 40.5 Å². The molecule has 0 fully saturated rings. The molecule has 4 nitrogen and oxygen atoms in total. The summed E-state index contributed by atoms with van der Waals surface area (Å²) in [5.74, 6) is 0.628. The molecule has 1 N–H and O–H groups in total. The van der Waals surface area contributed by atoms with Crippen LogP contribution in [0, 0.1) is 0 Å². The van der Waals surface area contributed by atoms with E-state index >= 15 is 0 Å². The molecule has 0 saturated carbocycles. The molecule has 118 valence electrons. The Kier molecular flexibility index (Phi) is 6.67. The first-order valence-electron chi connectivity index (χ1n) is 6.42. The molecule has 0 aliphatic carbocycles. The van der Waals surface area contributed by atoms with Crippen LogP contribution < -0.4 is 5.32 Å². The van der Waals surface area contributed by atoms with Crippen molar-refractivity contribution >= 4 is 17.3 Å². The second-order valence-electron chi connectivity index (χ2n) is 4.38. The summed E-state index contributed by atoms with van der Waals surface area (Å²) in [4.78, 5) is 9.58. The van der Waals surface area contributed by atoms with Gasteiger partial charge in [-0.3, -0.25) is 4.99 Å². The first-order valence-corrected chi connectivity index (χ1v) is 7.30.